The van der Waals surface area contributed by atoms with Crippen LogP contribution in [0.4, 0.5) is 0 Å². The monoisotopic (exact) mass is 274 g/mol. The van der Waals surface area contributed by atoms with E-state index in [2.05, 4.69) is 4.52 Å². The molecule has 5 atom stereocenters. The number of aliphatic hydroxyl groups excluding tert-OH is 3. The molecule has 9 nitrogen and oxygen atoms in total. The molecular formula is C7H15O9P. The summed E-state index contributed by atoms with van der Waals surface area (Å²) in [5.41, 5.74) is 0. The Morgan fingerprint density at radius 1 is 1.29 bits per heavy atom. The zero-order valence-electron chi connectivity index (χ0n) is 8.91. The molecule has 10 heteroatoms. The predicted octanol–water partition coefficient (Wildman–Crippen LogP) is -2.45. The molecule has 0 aromatic carbocycles. The Hall–Kier alpha value is -0.0900. The van der Waals surface area contributed by atoms with Gasteiger partial charge >= 0.3 is 7.82 Å². The van der Waals surface area contributed by atoms with Crippen LogP contribution in [0.2, 0.25) is 0 Å². The Kier molecular flexibility index (Phi) is 5.02. The maximum atomic E-state index is 10.6. The van der Waals surface area contributed by atoms with E-state index in [0.717, 1.165) is 0 Å². The number of aliphatic hydroxyl groups is 3. The molecule has 1 fully saturated rings. The van der Waals surface area contributed by atoms with Crippen LogP contribution in [-0.4, -0.2) is 69.5 Å². The molecule has 1 aliphatic heterocycles. The van der Waals surface area contributed by atoms with Crippen LogP contribution in [0.3, 0.4) is 0 Å². The topological polar surface area (TPSA) is 146 Å². The molecule has 0 bridgehead atoms. The number of rotatable bonds is 4. The number of phosphoric acid groups is 1. The minimum atomic E-state index is -4.87. The Bertz CT molecular complexity index is 291. The van der Waals surface area contributed by atoms with E-state index in [0.29, 0.717) is 0 Å². The van der Waals surface area contributed by atoms with Crippen molar-refractivity contribution in [1.82, 2.24) is 0 Å². The largest absolute Gasteiger partial charge is 0.472 e. The van der Waals surface area contributed by atoms with Gasteiger partial charge in [0, 0.05) is 7.11 Å². The quantitative estimate of drug-likeness (QED) is 0.352. The third-order valence-electron chi connectivity index (χ3n) is 2.34. The highest BCUT2D eigenvalue weighted by Gasteiger charge is 2.47. The van der Waals surface area contributed by atoms with Crippen molar-refractivity contribution in [3.8, 4) is 0 Å². The van der Waals surface area contributed by atoms with Gasteiger partial charge in [-0.25, -0.2) is 4.57 Å². The number of phosphoric ester groups is 1. The van der Waals surface area contributed by atoms with E-state index in [1.165, 1.54) is 7.11 Å². The van der Waals surface area contributed by atoms with Crippen LogP contribution < -0.4 is 0 Å². The average Bonchev–Trinajstić information content (AvgIpc) is 2.21. The highest BCUT2D eigenvalue weighted by atomic mass is 31.2. The van der Waals surface area contributed by atoms with Crippen molar-refractivity contribution in [2.45, 2.75) is 30.7 Å². The summed E-state index contributed by atoms with van der Waals surface area (Å²) >= 11 is 0. The van der Waals surface area contributed by atoms with E-state index in [9.17, 15) is 14.8 Å². The van der Waals surface area contributed by atoms with Crippen molar-refractivity contribution in [3.63, 3.8) is 0 Å². The fourth-order valence-corrected chi connectivity index (χ4v) is 2.00. The van der Waals surface area contributed by atoms with Crippen LogP contribution in [0.1, 0.15) is 0 Å². The number of ether oxygens (including phenoxy) is 2. The van der Waals surface area contributed by atoms with Crippen LogP contribution >= 0.6 is 7.82 Å². The second kappa shape index (κ2) is 5.70. The normalized spacial score (nSPS) is 39.3. The van der Waals surface area contributed by atoms with Gasteiger partial charge in [-0.2, -0.15) is 0 Å². The van der Waals surface area contributed by atoms with Gasteiger partial charge in [-0.15, -0.1) is 0 Å². The number of hydrogen-bond donors (Lipinski definition) is 5. The lowest BCUT2D eigenvalue weighted by molar-refractivity contribution is -0.285. The molecule has 0 saturated carbocycles. The fraction of sp³-hybridized carbons (Fsp3) is 1.00. The highest BCUT2D eigenvalue weighted by molar-refractivity contribution is 7.46. The summed E-state index contributed by atoms with van der Waals surface area (Å²) in [6.07, 6.45) is -6.97. The van der Waals surface area contributed by atoms with Crippen LogP contribution in [0.25, 0.3) is 0 Å². The van der Waals surface area contributed by atoms with Crippen LogP contribution in [0.5, 0.6) is 0 Å². The summed E-state index contributed by atoms with van der Waals surface area (Å²) in [6.45, 7) is -0.616. The summed E-state index contributed by atoms with van der Waals surface area (Å²) in [5.74, 6) is 0. The van der Waals surface area contributed by atoms with E-state index in [-0.39, 0.29) is 0 Å². The Morgan fingerprint density at radius 2 is 1.88 bits per heavy atom. The molecule has 102 valence electrons. The SMILES string of the molecule is CO[C@@H]1[C@H](O)[C@@H](OP(=O)(O)O)O[C@H](CO)[C@H]1O. The van der Waals surface area contributed by atoms with E-state index in [4.69, 9.17) is 24.4 Å². The molecule has 1 rings (SSSR count). The van der Waals surface area contributed by atoms with Gasteiger partial charge in [0.25, 0.3) is 0 Å². The second-order valence-electron chi connectivity index (χ2n) is 3.50. The first-order valence-electron chi connectivity index (χ1n) is 4.69. The van der Waals surface area contributed by atoms with Gasteiger partial charge in [-0.1, -0.05) is 0 Å². The summed E-state index contributed by atoms with van der Waals surface area (Å²) in [7, 11) is -3.68. The Morgan fingerprint density at radius 3 is 2.29 bits per heavy atom. The molecule has 5 N–H and O–H groups in total. The molecular weight excluding hydrogens is 259 g/mol. The van der Waals surface area contributed by atoms with Crippen molar-refractivity contribution in [2.24, 2.45) is 0 Å². The van der Waals surface area contributed by atoms with Gasteiger partial charge < -0.3 is 34.6 Å². The van der Waals surface area contributed by atoms with Gasteiger partial charge in [0.15, 0.2) is 6.29 Å². The molecule has 17 heavy (non-hydrogen) atoms. The first kappa shape index (κ1) is 15.0. The molecule has 0 aromatic rings. The smallest absolute Gasteiger partial charge is 0.394 e. The average molecular weight is 274 g/mol. The molecule has 0 amide bonds. The maximum absolute atomic E-state index is 10.6. The molecule has 1 aliphatic rings. The zero-order chi connectivity index (χ0) is 13.2. The predicted molar refractivity (Wildman–Crippen MR) is 51.7 cm³/mol. The van der Waals surface area contributed by atoms with Crippen molar-refractivity contribution in [1.29, 1.82) is 0 Å². The molecule has 1 heterocycles. The Balaban J connectivity index is 2.81. The molecule has 0 radical (unpaired) electrons. The second-order valence-corrected chi connectivity index (χ2v) is 4.69. The summed E-state index contributed by atoms with van der Waals surface area (Å²) in [4.78, 5) is 17.2. The lowest BCUT2D eigenvalue weighted by Crippen LogP contribution is -2.59. The minimum Gasteiger partial charge on any atom is -0.394 e. The summed E-state index contributed by atoms with van der Waals surface area (Å²) in [5, 5.41) is 28.1. The number of hydrogen-bond acceptors (Lipinski definition) is 7. The van der Waals surface area contributed by atoms with Crippen molar-refractivity contribution in [3.05, 3.63) is 0 Å². The summed E-state index contributed by atoms with van der Waals surface area (Å²) in [6, 6.07) is 0. The third kappa shape index (κ3) is 3.68. The first-order chi connectivity index (χ1) is 7.80. The highest BCUT2D eigenvalue weighted by Crippen LogP contribution is 2.40. The fourth-order valence-electron chi connectivity index (χ4n) is 1.55. The van der Waals surface area contributed by atoms with E-state index in [1.54, 1.807) is 0 Å². The standard InChI is InChI=1S/C7H15O9P/c1-14-6-4(9)3(2-8)15-7(5(6)10)16-17(11,12)13/h3-10H,2H2,1H3,(H2,11,12,13)/t3-,4-,5+,6+,7-/m1/s1. The molecule has 0 aliphatic carbocycles. The van der Waals surface area contributed by atoms with Crippen molar-refractivity contribution in [2.75, 3.05) is 13.7 Å². The zero-order valence-corrected chi connectivity index (χ0v) is 9.80. The van der Waals surface area contributed by atoms with Gasteiger partial charge in [-0.05, 0) is 0 Å². The molecule has 0 unspecified atom stereocenters. The first-order valence-corrected chi connectivity index (χ1v) is 6.22. The van der Waals surface area contributed by atoms with Crippen LogP contribution in [0.15, 0.2) is 0 Å². The van der Waals surface area contributed by atoms with Gasteiger partial charge in [0.1, 0.15) is 24.4 Å². The van der Waals surface area contributed by atoms with Crippen LogP contribution in [0, 0.1) is 0 Å². The van der Waals surface area contributed by atoms with E-state index < -0.39 is 45.1 Å². The van der Waals surface area contributed by atoms with Crippen LogP contribution in [-0.2, 0) is 18.6 Å². The van der Waals surface area contributed by atoms with Gasteiger partial charge in [-0.3, -0.25) is 4.52 Å². The number of methoxy groups -OCH3 is 1. The van der Waals surface area contributed by atoms with E-state index >= 15 is 0 Å². The van der Waals surface area contributed by atoms with Crippen molar-refractivity contribution < 1.29 is 43.7 Å². The minimum absolute atomic E-state index is 0.616. The lowest BCUT2D eigenvalue weighted by atomic mass is 9.99. The Labute approximate surface area is 96.8 Å². The lowest BCUT2D eigenvalue weighted by Gasteiger charge is -2.40. The maximum Gasteiger partial charge on any atom is 0.472 e. The van der Waals surface area contributed by atoms with E-state index in [1.807, 2.05) is 0 Å². The van der Waals surface area contributed by atoms with Gasteiger partial charge in [0.05, 0.1) is 6.61 Å². The molecule has 0 aromatic heterocycles. The summed E-state index contributed by atoms with van der Waals surface area (Å²) < 4.78 is 24.4. The van der Waals surface area contributed by atoms with Crippen molar-refractivity contribution >= 4 is 7.82 Å². The third-order valence-corrected chi connectivity index (χ3v) is 2.82. The molecule has 0 spiro atoms. The van der Waals surface area contributed by atoms with Gasteiger partial charge in [0.2, 0.25) is 0 Å². The molecule has 1 saturated heterocycles.